The second kappa shape index (κ2) is 7.40. The van der Waals surface area contributed by atoms with Gasteiger partial charge in [0, 0.05) is 17.5 Å². The van der Waals surface area contributed by atoms with E-state index in [4.69, 9.17) is 5.73 Å². The fraction of sp³-hybridized carbons (Fsp3) is 0.0476. The van der Waals surface area contributed by atoms with Gasteiger partial charge >= 0.3 is 0 Å². The van der Waals surface area contributed by atoms with Gasteiger partial charge in [0.05, 0.1) is 11.2 Å². The molecule has 0 fully saturated rings. The molecule has 2 aromatic heterocycles. The summed E-state index contributed by atoms with van der Waals surface area (Å²) in [5.74, 6) is -0.243. The van der Waals surface area contributed by atoms with Gasteiger partial charge in [-0.05, 0) is 17.7 Å². The third kappa shape index (κ3) is 3.26. The van der Waals surface area contributed by atoms with Crippen molar-refractivity contribution in [1.82, 2.24) is 15.0 Å². The van der Waals surface area contributed by atoms with Crippen molar-refractivity contribution in [3.63, 3.8) is 0 Å². The highest BCUT2D eigenvalue weighted by Crippen LogP contribution is 2.25. The van der Waals surface area contributed by atoms with Crippen molar-refractivity contribution in [1.29, 1.82) is 5.26 Å². The van der Waals surface area contributed by atoms with Gasteiger partial charge in [-0.25, -0.2) is 14.4 Å². The number of nitrogens with zero attached hydrogens (tertiary/aromatic N) is 3. The van der Waals surface area contributed by atoms with E-state index in [1.807, 2.05) is 36.4 Å². The molecule has 7 nitrogen and oxygen atoms in total. The van der Waals surface area contributed by atoms with Crippen molar-refractivity contribution in [2.45, 2.75) is 6.54 Å². The molecular formula is C21H15FN6O. The fourth-order valence-electron chi connectivity index (χ4n) is 3.15. The third-order valence-electron chi connectivity index (χ3n) is 4.57. The zero-order valence-electron chi connectivity index (χ0n) is 15.1. The maximum absolute atomic E-state index is 14.3. The first-order valence-corrected chi connectivity index (χ1v) is 8.73. The molecule has 2 aromatic carbocycles. The topological polar surface area (TPSA) is 120 Å². The lowest BCUT2D eigenvalue weighted by Gasteiger charge is -2.14. The number of hydrogen-bond acceptors (Lipinski definition) is 6. The first-order chi connectivity index (χ1) is 14.1. The smallest absolute Gasteiger partial charge is 0.195 e. The number of nitrogens with two attached hydrogens (primary N) is 1. The van der Waals surface area contributed by atoms with E-state index in [0.717, 1.165) is 5.56 Å². The molecule has 2 heterocycles. The molecular weight excluding hydrogens is 371 g/mol. The van der Waals surface area contributed by atoms with Crippen LogP contribution in [-0.4, -0.2) is 15.0 Å². The number of nitriles is 1. The van der Waals surface area contributed by atoms with Crippen LogP contribution < -0.4 is 16.5 Å². The molecule has 4 aromatic rings. The lowest BCUT2D eigenvalue weighted by Crippen LogP contribution is -2.18. The molecule has 4 rings (SSSR count). The van der Waals surface area contributed by atoms with Crippen molar-refractivity contribution in [3.05, 3.63) is 82.0 Å². The van der Waals surface area contributed by atoms with Gasteiger partial charge in [-0.2, -0.15) is 5.26 Å². The van der Waals surface area contributed by atoms with Crippen LogP contribution >= 0.6 is 0 Å². The Morgan fingerprint density at radius 3 is 2.69 bits per heavy atom. The normalized spacial score (nSPS) is 10.6. The highest BCUT2D eigenvalue weighted by atomic mass is 19.1. The van der Waals surface area contributed by atoms with Gasteiger partial charge in [-0.1, -0.05) is 36.4 Å². The van der Waals surface area contributed by atoms with Crippen LogP contribution in [0.5, 0.6) is 0 Å². The van der Waals surface area contributed by atoms with Crippen molar-refractivity contribution >= 4 is 22.5 Å². The molecule has 29 heavy (non-hydrogen) atoms. The van der Waals surface area contributed by atoms with Gasteiger partial charge in [0.1, 0.15) is 35.4 Å². The van der Waals surface area contributed by atoms with Gasteiger partial charge in [-0.15, -0.1) is 0 Å². The summed E-state index contributed by atoms with van der Waals surface area (Å²) < 4.78 is 14.3. The number of fused-ring (bicyclic) bond motifs is 1. The minimum atomic E-state index is -0.508. The number of aromatic nitrogens is 3. The molecule has 0 saturated carbocycles. The average Bonchev–Trinajstić information content (AvgIpc) is 2.74. The van der Waals surface area contributed by atoms with E-state index in [9.17, 15) is 14.4 Å². The van der Waals surface area contributed by atoms with Gasteiger partial charge in [0.25, 0.3) is 0 Å². The molecule has 0 radical (unpaired) electrons. The van der Waals surface area contributed by atoms with E-state index in [0.29, 0.717) is 11.3 Å². The van der Waals surface area contributed by atoms with Crippen LogP contribution in [0.4, 0.5) is 16.0 Å². The molecule has 0 aliphatic heterocycles. The quantitative estimate of drug-likeness (QED) is 0.495. The highest BCUT2D eigenvalue weighted by molar-refractivity contribution is 5.84. The van der Waals surface area contributed by atoms with E-state index in [2.05, 4.69) is 20.3 Å². The minimum absolute atomic E-state index is 0.0442. The Kier molecular flexibility index (Phi) is 4.63. The molecule has 0 amide bonds. The summed E-state index contributed by atoms with van der Waals surface area (Å²) in [6, 6.07) is 15.5. The Morgan fingerprint density at radius 1 is 1.14 bits per heavy atom. The Bertz CT molecular complexity index is 1310. The summed E-state index contributed by atoms with van der Waals surface area (Å²) in [5.41, 5.74) is 7.24. The number of para-hydroxylation sites is 1. The van der Waals surface area contributed by atoms with E-state index in [1.54, 1.807) is 6.07 Å². The number of pyridine rings is 1. The van der Waals surface area contributed by atoms with Crippen LogP contribution in [0.2, 0.25) is 0 Å². The van der Waals surface area contributed by atoms with Crippen molar-refractivity contribution in [2.24, 2.45) is 0 Å². The number of H-pyrrole nitrogens is 1. The molecule has 0 atom stereocenters. The summed E-state index contributed by atoms with van der Waals surface area (Å²) >= 11 is 0. The zero-order valence-corrected chi connectivity index (χ0v) is 15.1. The van der Waals surface area contributed by atoms with Crippen LogP contribution in [0.25, 0.3) is 22.2 Å². The van der Waals surface area contributed by atoms with Crippen LogP contribution in [0.15, 0.2) is 59.7 Å². The van der Waals surface area contributed by atoms with Crippen molar-refractivity contribution in [3.8, 4) is 17.3 Å². The van der Waals surface area contributed by atoms with E-state index >= 15 is 0 Å². The summed E-state index contributed by atoms with van der Waals surface area (Å²) in [7, 11) is 0. The molecule has 0 aliphatic carbocycles. The first-order valence-electron chi connectivity index (χ1n) is 8.73. The summed E-state index contributed by atoms with van der Waals surface area (Å²) in [4.78, 5) is 24.1. The molecule has 0 unspecified atom stereocenters. The fourth-order valence-corrected chi connectivity index (χ4v) is 3.15. The summed E-state index contributed by atoms with van der Waals surface area (Å²) in [6.45, 7) is 0.0527. The van der Waals surface area contributed by atoms with Crippen LogP contribution in [0.3, 0.4) is 0 Å². The maximum Gasteiger partial charge on any atom is 0.195 e. The van der Waals surface area contributed by atoms with Gasteiger partial charge in [0.2, 0.25) is 0 Å². The van der Waals surface area contributed by atoms with E-state index in [1.165, 1.54) is 18.5 Å². The molecule has 4 N–H and O–H groups in total. The Morgan fingerprint density at radius 2 is 1.93 bits per heavy atom. The molecule has 142 valence electrons. The van der Waals surface area contributed by atoms with Gasteiger partial charge < -0.3 is 16.0 Å². The second-order valence-electron chi connectivity index (χ2n) is 6.28. The number of hydrogen-bond donors (Lipinski definition) is 3. The third-order valence-corrected chi connectivity index (χ3v) is 4.57. The molecule has 0 bridgehead atoms. The van der Waals surface area contributed by atoms with Crippen LogP contribution in [-0.2, 0) is 6.54 Å². The van der Waals surface area contributed by atoms with Crippen molar-refractivity contribution in [2.75, 3.05) is 11.1 Å². The number of nitrogens with one attached hydrogen (secondary N) is 2. The van der Waals surface area contributed by atoms with E-state index in [-0.39, 0.29) is 40.1 Å². The molecule has 8 heteroatoms. The summed E-state index contributed by atoms with van der Waals surface area (Å²) in [6.07, 6.45) is 1.23. The largest absolute Gasteiger partial charge is 0.382 e. The Labute approximate surface area is 164 Å². The van der Waals surface area contributed by atoms with Gasteiger partial charge in [-0.3, -0.25) is 4.79 Å². The SMILES string of the molecule is N#Cc1c(N)ncnc1NCc1c(-c2ccccc2)[nH]c2c(F)cccc2c1=O. The zero-order chi connectivity index (χ0) is 20.4. The molecule has 0 aliphatic rings. The number of anilines is 2. The average molecular weight is 386 g/mol. The number of halogens is 1. The number of nitrogen functional groups attached to an aromatic ring is 1. The first kappa shape index (κ1) is 18.1. The molecule has 0 spiro atoms. The van der Waals surface area contributed by atoms with Crippen molar-refractivity contribution < 1.29 is 4.39 Å². The Balaban J connectivity index is 1.87. The second-order valence-corrected chi connectivity index (χ2v) is 6.28. The predicted molar refractivity (Wildman–Crippen MR) is 108 cm³/mol. The number of benzene rings is 2. The van der Waals surface area contributed by atoms with E-state index < -0.39 is 5.82 Å². The van der Waals surface area contributed by atoms with Gasteiger partial charge in [0.15, 0.2) is 5.43 Å². The number of rotatable bonds is 4. The number of aromatic amines is 1. The minimum Gasteiger partial charge on any atom is -0.382 e. The maximum atomic E-state index is 14.3. The molecule has 0 saturated heterocycles. The highest BCUT2D eigenvalue weighted by Gasteiger charge is 2.17. The monoisotopic (exact) mass is 386 g/mol. The van der Waals surface area contributed by atoms with Crippen LogP contribution in [0, 0.1) is 17.1 Å². The summed E-state index contributed by atoms with van der Waals surface area (Å²) in [5, 5.41) is 12.5. The standard InChI is InChI=1S/C21H15FN6O/c22-16-8-4-7-13-18(16)28-17(12-5-2-1-3-6-12)15(19(13)29)10-25-21-14(9-23)20(24)26-11-27-21/h1-8,11H,10H2,(H,28,29)(H3,24,25,26,27). The lowest BCUT2D eigenvalue weighted by molar-refractivity contribution is 0.636. The lowest BCUT2D eigenvalue weighted by atomic mass is 10.0. The predicted octanol–water partition coefficient (Wildman–Crippen LogP) is 3.19. The van der Waals surface area contributed by atoms with Crippen LogP contribution in [0.1, 0.15) is 11.1 Å². The Hall–Kier alpha value is -4.25.